The Balaban J connectivity index is 3.30. The lowest BCUT2D eigenvalue weighted by molar-refractivity contribution is 0.149. The molecule has 0 aromatic carbocycles. The highest BCUT2D eigenvalue weighted by atomic mass is 19.3. The number of anilines is 1. The molecular weight excluding hydrogens is 180 g/mol. The molecule has 0 aliphatic rings. The molecule has 1 aromatic rings. The molecular formula is C7H9F2N3O. The lowest BCUT2D eigenvalue weighted by Crippen LogP contribution is -2.05. The first-order valence-electron chi connectivity index (χ1n) is 3.52. The molecule has 0 aliphatic carbocycles. The SMILES string of the molecule is NCc1c(C(F)F)cnc(N)c1O. The van der Waals surface area contributed by atoms with Crippen molar-refractivity contribution in [3.63, 3.8) is 0 Å². The van der Waals surface area contributed by atoms with Crippen LogP contribution in [0, 0.1) is 0 Å². The Hall–Kier alpha value is -1.43. The number of hydrogen-bond acceptors (Lipinski definition) is 4. The lowest BCUT2D eigenvalue weighted by Gasteiger charge is -2.09. The highest BCUT2D eigenvalue weighted by Gasteiger charge is 2.17. The summed E-state index contributed by atoms with van der Waals surface area (Å²) < 4.78 is 24.6. The molecule has 0 radical (unpaired) electrons. The molecule has 0 spiro atoms. The van der Waals surface area contributed by atoms with Gasteiger partial charge in [-0.3, -0.25) is 0 Å². The van der Waals surface area contributed by atoms with Crippen LogP contribution in [0.4, 0.5) is 14.6 Å². The van der Waals surface area contributed by atoms with E-state index in [-0.39, 0.29) is 23.5 Å². The van der Waals surface area contributed by atoms with Crippen LogP contribution in [-0.2, 0) is 6.54 Å². The van der Waals surface area contributed by atoms with Gasteiger partial charge in [-0.05, 0) is 0 Å². The largest absolute Gasteiger partial charge is 0.504 e. The Labute approximate surface area is 73.2 Å². The molecule has 0 saturated carbocycles. The summed E-state index contributed by atoms with van der Waals surface area (Å²) >= 11 is 0. The Morgan fingerprint density at radius 1 is 1.54 bits per heavy atom. The molecule has 0 aliphatic heterocycles. The zero-order valence-corrected chi connectivity index (χ0v) is 6.67. The average Bonchev–Trinajstić information content (AvgIpc) is 2.09. The minimum absolute atomic E-state index is 0.0532. The van der Waals surface area contributed by atoms with E-state index in [4.69, 9.17) is 11.5 Å². The van der Waals surface area contributed by atoms with E-state index in [1.807, 2.05) is 0 Å². The third-order valence-electron chi connectivity index (χ3n) is 1.66. The lowest BCUT2D eigenvalue weighted by atomic mass is 10.1. The van der Waals surface area contributed by atoms with Crippen LogP contribution in [0.2, 0.25) is 0 Å². The van der Waals surface area contributed by atoms with Gasteiger partial charge in [-0.2, -0.15) is 0 Å². The van der Waals surface area contributed by atoms with E-state index in [9.17, 15) is 13.9 Å². The molecule has 4 nitrogen and oxygen atoms in total. The molecule has 1 rings (SSSR count). The van der Waals surface area contributed by atoms with Crippen molar-refractivity contribution in [2.24, 2.45) is 5.73 Å². The van der Waals surface area contributed by atoms with Crippen LogP contribution in [0.15, 0.2) is 6.20 Å². The van der Waals surface area contributed by atoms with E-state index >= 15 is 0 Å². The number of nitrogen functional groups attached to an aromatic ring is 1. The second kappa shape index (κ2) is 3.53. The number of nitrogens with zero attached hydrogens (tertiary/aromatic N) is 1. The molecule has 0 bridgehead atoms. The first kappa shape index (κ1) is 9.66. The monoisotopic (exact) mass is 189 g/mol. The zero-order valence-electron chi connectivity index (χ0n) is 6.67. The summed E-state index contributed by atoms with van der Waals surface area (Å²) in [6.45, 7) is -0.196. The van der Waals surface area contributed by atoms with Gasteiger partial charge in [0.25, 0.3) is 6.43 Å². The third-order valence-corrected chi connectivity index (χ3v) is 1.66. The maximum absolute atomic E-state index is 12.3. The van der Waals surface area contributed by atoms with E-state index in [1.54, 1.807) is 0 Å². The van der Waals surface area contributed by atoms with Crippen LogP contribution in [0.25, 0.3) is 0 Å². The van der Waals surface area contributed by atoms with Crippen molar-refractivity contribution in [2.45, 2.75) is 13.0 Å². The standard InChI is InChI=1S/C7H9F2N3O/c8-6(9)4-2-12-7(11)5(13)3(4)1-10/h2,6,13H,1,10H2,(H2,11,12). The van der Waals surface area contributed by atoms with Crippen LogP contribution < -0.4 is 11.5 Å². The molecule has 0 unspecified atom stereocenters. The fraction of sp³-hybridized carbons (Fsp3) is 0.286. The molecule has 13 heavy (non-hydrogen) atoms. The maximum Gasteiger partial charge on any atom is 0.265 e. The number of aromatic hydroxyl groups is 1. The highest BCUT2D eigenvalue weighted by molar-refractivity contribution is 5.53. The Morgan fingerprint density at radius 3 is 2.62 bits per heavy atom. The van der Waals surface area contributed by atoms with Crippen molar-refractivity contribution >= 4 is 5.82 Å². The van der Waals surface area contributed by atoms with Gasteiger partial charge in [0.15, 0.2) is 11.6 Å². The minimum atomic E-state index is -2.71. The molecule has 0 saturated heterocycles. The Morgan fingerprint density at radius 2 is 2.15 bits per heavy atom. The van der Waals surface area contributed by atoms with Gasteiger partial charge in [-0.1, -0.05) is 0 Å². The molecule has 5 N–H and O–H groups in total. The Bertz CT molecular complexity index is 317. The van der Waals surface area contributed by atoms with E-state index in [0.717, 1.165) is 6.20 Å². The van der Waals surface area contributed by atoms with E-state index < -0.39 is 12.2 Å². The van der Waals surface area contributed by atoms with Gasteiger partial charge in [-0.15, -0.1) is 0 Å². The second-order valence-corrected chi connectivity index (χ2v) is 2.43. The van der Waals surface area contributed by atoms with Crippen molar-refractivity contribution in [2.75, 3.05) is 5.73 Å². The quantitative estimate of drug-likeness (QED) is 0.641. The zero-order chi connectivity index (χ0) is 10.0. The minimum Gasteiger partial charge on any atom is -0.504 e. The summed E-state index contributed by atoms with van der Waals surface area (Å²) in [5.74, 6) is -0.648. The van der Waals surface area contributed by atoms with Crippen LogP contribution in [0.1, 0.15) is 17.6 Å². The van der Waals surface area contributed by atoms with E-state index in [1.165, 1.54) is 0 Å². The highest BCUT2D eigenvalue weighted by Crippen LogP contribution is 2.31. The number of rotatable bonds is 2. The average molecular weight is 189 g/mol. The number of aromatic nitrogens is 1. The van der Waals surface area contributed by atoms with Gasteiger partial charge in [0, 0.05) is 23.9 Å². The van der Waals surface area contributed by atoms with Crippen LogP contribution in [0.3, 0.4) is 0 Å². The number of halogens is 2. The number of nitrogens with two attached hydrogens (primary N) is 2. The molecule has 6 heteroatoms. The van der Waals surface area contributed by atoms with Crippen LogP contribution in [-0.4, -0.2) is 10.1 Å². The normalized spacial score (nSPS) is 10.8. The first-order valence-corrected chi connectivity index (χ1v) is 3.52. The van der Waals surface area contributed by atoms with Crippen LogP contribution >= 0.6 is 0 Å². The smallest absolute Gasteiger partial charge is 0.265 e. The molecule has 0 fully saturated rings. The topological polar surface area (TPSA) is 85.2 Å². The van der Waals surface area contributed by atoms with E-state index in [0.29, 0.717) is 0 Å². The van der Waals surface area contributed by atoms with Crippen LogP contribution in [0.5, 0.6) is 5.75 Å². The summed E-state index contributed by atoms with van der Waals surface area (Å²) in [4.78, 5) is 3.40. The van der Waals surface area contributed by atoms with Crippen molar-refractivity contribution < 1.29 is 13.9 Å². The van der Waals surface area contributed by atoms with Gasteiger partial charge in [0.2, 0.25) is 0 Å². The van der Waals surface area contributed by atoms with Crippen molar-refractivity contribution in [3.05, 3.63) is 17.3 Å². The van der Waals surface area contributed by atoms with Gasteiger partial charge >= 0.3 is 0 Å². The van der Waals surface area contributed by atoms with Crippen molar-refractivity contribution in [3.8, 4) is 5.75 Å². The fourth-order valence-electron chi connectivity index (χ4n) is 0.972. The third kappa shape index (κ3) is 1.67. The predicted molar refractivity (Wildman–Crippen MR) is 43.2 cm³/mol. The Kier molecular flexibility index (Phi) is 2.62. The summed E-state index contributed by atoms with van der Waals surface area (Å²) in [5.41, 5.74) is 9.95. The maximum atomic E-state index is 12.3. The number of pyridine rings is 1. The molecule has 0 atom stereocenters. The molecule has 1 heterocycles. The van der Waals surface area contributed by atoms with E-state index in [2.05, 4.69) is 4.98 Å². The van der Waals surface area contributed by atoms with Crippen molar-refractivity contribution in [1.82, 2.24) is 4.98 Å². The summed E-state index contributed by atoms with van der Waals surface area (Å²) in [6, 6.07) is 0. The van der Waals surface area contributed by atoms with Gasteiger partial charge in [-0.25, -0.2) is 13.8 Å². The first-order chi connectivity index (χ1) is 6.07. The molecule has 1 aromatic heterocycles. The molecule has 72 valence electrons. The summed E-state index contributed by atoms with van der Waals surface area (Å²) in [7, 11) is 0. The van der Waals surface area contributed by atoms with Gasteiger partial charge in [0.05, 0.1) is 0 Å². The molecule has 0 amide bonds. The summed E-state index contributed by atoms with van der Waals surface area (Å²) in [6.07, 6.45) is -1.79. The second-order valence-electron chi connectivity index (χ2n) is 2.43. The van der Waals surface area contributed by atoms with Gasteiger partial charge < -0.3 is 16.6 Å². The van der Waals surface area contributed by atoms with Gasteiger partial charge in [0.1, 0.15) is 0 Å². The van der Waals surface area contributed by atoms with Crippen molar-refractivity contribution in [1.29, 1.82) is 0 Å². The summed E-state index contributed by atoms with van der Waals surface area (Å²) in [5, 5.41) is 9.23. The fourth-order valence-corrected chi connectivity index (χ4v) is 0.972. The number of hydrogen-bond donors (Lipinski definition) is 3. The number of alkyl halides is 2. The predicted octanol–water partition coefficient (Wildman–Crippen LogP) is 0.766.